The van der Waals surface area contributed by atoms with E-state index < -0.39 is 22.9 Å². The number of anilines is 2. The highest BCUT2D eigenvalue weighted by Crippen LogP contribution is 2.34. The summed E-state index contributed by atoms with van der Waals surface area (Å²) in [5.74, 6) is -0.723. The average molecular weight is 493 g/mol. The SMILES string of the molecule is Cc1ccc(C(=O)Nc2ccc(SC(C)C(=O)Nc3cc(C(F)(F)F)ccc3Cl)cc2)cc1. The molecule has 0 aliphatic rings. The molecule has 0 bridgehead atoms. The van der Waals surface area contributed by atoms with E-state index in [1.165, 1.54) is 11.8 Å². The quantitative estimate of drug-likeness (QED) is 0.363. The van der Waals surface area contributed by atoms with Gasteiger partial charge < -0.3 is 10.6 Å². The number of halogens is 4. The van der Waals surface area contributed by atoms with E-state index in [2.05, 4.69) is 10.6 Å². The molecular weight excluding hydrogens is 473 g/mol. The van der Waals surface area contributed by atoms with Gasteiger partial charge in [0.2, 0.25) is 5.91 Å². The maximum atomic E-state index is 12.9. The molecule has 3 aromatic carbocycles. The van der Waals surface area contributed by atoms with Crippen LogP contribution in [-0.2, 0) is 11.0 Å². The first-order valence-corrected chi connectivity index (χ1v) is 11.1. The first-order chi connectivity index (χ1) is 15.5. The van der Waals surface area contributed by atoms with E-state index in [1.54, 1.807) is 43.3 Å². The fourth-order valence-corrected chi connectivity index (χ4v) is 3.85. The molecule has 9 heteroatoms. The van der Waals surface area contributed by atoms with Gasteiger partial charge in [-0.15, -0.1) is 11.8 Å². The van der Waals surface area contributed by atoms with Gasteiger partial charge in [-0.1, -0.05) is 29.3 Å². The lowest BCUT2D eigenvalue weighted by Crippen LogP contribution is -2.22. The van der Waals surface area contributed by atoms with E-state index in [0.717, 1.165) is 28.7 Å². The number of amides is 2. The topological polar surface area (TPSA) is 58.2 Å². The molecular formula is C24H20ClF3N2O2S. The summed E-state index contributed by atoms with van der Waals surface area (Å²) in [5, 5.41) is 4.67. The Bertz CT molecular complexity index is 1150. The second-order valence-electron chi connectivity index (χ2n) is 7.29. The van der Waals surface area contributed by atoms with E-state index in [1.807, 2.05) is 19.1 Å². The zero-order chi connectivity index (χ0) is 24.2. The number of hydrogen-bond acceptors (Lipinski definition) is 3. The maximum absolute atomic E-state index is 12.9. The van der Waals surface area contributed by atoms with Crippen LogP contribution in [0.15, 0.2) is 71.6 Å². The van der Waals surface area contributed by atoms with Gasteiger partial charge in [0, 0.05) is 16.1 Å². The van der Waals surface area contributed by atoms with Crippen LogP contribution in [0.5, 0.6) is 0 Å². The molecule has 4 nitrogen and oxygen atoms in total. The van der Waals surface area contributed by atoms with Crippen molar-refractivity contribution in [3.63, 3.8) is 0 Å². The first-order valence-electron chi connectivity index (χ1n) is 9.85. The molecule has 0 fully saturated rings. The molecule has 3 aromatic rings. The van der Waals surface area contributed by atoms with Crippen molar-refractivity contribution in [1.82, 2.24) is 0 Å². The van der Waals surface area contributed by atoms with Crippen LogP contribution in [0.3, 0.4) is 0 Å². The van der Waals surface area contributed by atoms with E-state index in [4.69, 9.17) is 11.6 Å². The number of nitrogens with one attached hydrogen (secondary N) is 2. The molecule has 172 valence electrons. The van der Waals surface area contributed by atoms with Gasteiger partial charge >= 0.3 is 6.18 Å². The third-order valence-corrected chi connectivity index (χ3v) is 6.10. The Balaban J connectivity index is 1.60. The summed E-state index contributed by atoms with van der Waals surface area (Å²) in [6.07, 6.45) is -4.54. The fourth-order valence-electron chi connectivity index (χ4n) is 2.81. The van der Waals surface area contributed by atoms with Crippen molar-refractivity contribution < 1.29 is 22.8 Å². The zero-order valence-corrected chi connectivity index (χ0v) is 19.2. The standard InChI is InChI=1S/C24H20ClF3N2O2S/c1-14-3-5-16(6-4-14)23(32)29-18-8-10-19(11-9-18)33-15(2)22(31)30-21-13-17(24(26,27)28)7-12-20(21)25/h3-13,15H,1-2H3,(H,29,32)(H,30,31). The van der Waals surface area contributed by atoms with Crippen molar-refractivity contribution >= 4 is 46.6 Å². The van der Waals surface area contributed by atoms with Crippen LogP contribution >= 0.6 is 23.4 Å². The minimum Gasteiger partial charge on any atom is -0.324 e. The number of thioether (sulfide) groups is 1. The lowest BCUT2D eigenvalue weighted by molar-refractivity contribution is -0.137. The largest absolute Gasteiger partial charge is 0.416 e. The fraction of sp³-hybridized carbons (Fsp3) is 0.167. The Morgan fingerprint density at radius 3 is 2.18 bits per heavy atom. The first kappa shape index (κ1) is 24.7. The van der Waals surface area contributed by atoms with Crippen LogP contribution < -0.4 is 10.6 Å². The highest BCUT2D eigenvalue weighted by molar-refractivity contribution is 8.00. The van der Waals surface area contributed by atoms with Gasteiger partial charge in [-0.25, -0.2) is 0 Å². The molecule has 0 aliphatic heterocycles. The Kier molecular flexibility index (Phi) is 7.71. The Hall–Kier alpha value is -2.97. The monoisotopic (exact) mass is 492 g/mol. The van der Waals surface area contributed by atoms with Crippen LogP contribution in [-0.4, -0.2) is 17.1 Å². The number of aryl methyl sites for hydroxylation is 1. The maximum Gasteiger partial charge on any atom is 0.416 e. The van der Waals surface area contributed by atoms with Gasteiger partial charge in [0.25, 0.3) is 5.91 Å². The van der Waals surface area contributed by atoms with Gasteiger partial charge in [0.15, 0.2) is 0 Å². The molecule has 3 rings (SSSR count). The van der Waals surface area contributed by atoms with Crippen molar-refractivity contribution in [3.8, 4) is 0 Å². The van der Waals surface area contributed by atoms with Gasteiger partial charge in [-0.2, -0.15) is 13.2 Å². The molecule has 2 N–H and O–H groups in total. The predicted octanol–water partition coefficient (Wildman–Crippen LogP) is 7.04. The van der Waals surface area contributed by atoms with Crippen molar-refractivity contribution in [2.24, 2.45) is 0 Å². The van der Waals surface area contributed by atoms with Crippen LogP contribution in [0.1, 0.15) is 28.4 Å². The van der Waals surface area contributed by atoms with Crippen molar-refractivity contribution in [1.29, 1.82) is 0 Å². The van der Waals surface area contributed by atoms with E-state index in [0.29, 0.717) is 11.3 Å². The van der Waals surface area contributed by atoms with Gasteiger partial charge in [0.05, 0.1) is 21.5 Å². The predicted molar refractivity (Wildman–Crippen MR) is 126 cm³/mol. The number of carbonyl (C=O) groups is 2. The molecule has 0 spiro atoms. The molecule has 2 amide bonds. The van der Waals surface area contributed by atoms with E-state index in [-0.39, 0.29) is 16.6 Å². The summed E-state index contributed by atoms with van der Waals surface area (Å²) in [6.45, 7) is 3.57. The molecule has 1 unspecified atom stereocenters. The smallest absolute Gasteiger partial charge is 0.324 e. The number of hydrogen-bond donors (Lipinski definition) is 2. The third kappa shape index (κ3) is 6.76. The molecule has 0 aliphatic carbocycles. The Morgan fingerprint density at radius 2 is 1.58 bits per heavy atom. The third-order valence-electron chi connectivity index (χ3n) is 4.66. The minimum atomic E-state index is -4.54. The number of rotatable bonds is 6. The van der Waals surface area contributed by atoms with E-state index >= 15 is 0 Å². The number of carbonyl (C=O) groups excluding carboxylic acids is 2. The second kappa shape index (κ2) is 10.3. The van der Waals surface area contributed by atoms with Crippen LogP contribution in [0.2, 0.25) is 5.02 Å². The lowest BCUT2D eigenvalue weighted by atomic mass is 10.1. The van der Waals surface area contributed by atoms with Gasteiger partial charge in [-0.05, 0) is 68.4 Å². The lowest BCUT2D eigenvalue weighted by Gasteiger charge is -2.15. The molecule has 0 saturated carbocycles. The minimum absolute atomic E-state index is 0.0159. The average Bonchev–Trinajstić information content (AvgIpc) is 2.76. The molecule has 0 aromatic heterocycles. The summed E-state index contributed by atoms with van der Waals surface area (Å²) < 4.78 is 38.8. The van der Waals surface area contributed by atoms with Gasteiger partial charge in [-0.3, -0.25) is 9.59 Å². The summed E-state index contributed by atoms with van der Waals surface area (Å²) >= 11 is 7.16. The summed E-state index contributed by atoms with van der Waals surface area (Å²) in [7, 11) is 0. The molecule has 33 heavy (non-hydrogen) atoms. The second-order valence-corrected chi connectivity index (χ2v) is 9.11. The van der Waals surface area contributed by atoms with Crippen molar-refractivity contribution in [3.05, 3.63) is 88.4 Å². The molecule has 0 saturated heterocycles. The van der Waals surface area contributed by atoms with Crippen LogP contribution in [0.25, 0.3) is 0 Å². The summed E-state index contributed by atoms with van der Waals surface area (Å²) in [4.78, 5) is 25.6. The van der Waals surface area contributed by atoms with Gasteiger partial charge in [0.1, 0.15) is 0 Å². The highest BCUT2D eigenvalue weighted by atomic mass is 35.5. The summed E-state index contributed by atoms with van der Waals surface area (Å²) in [6, 6.07) is 16.9. The number of benzene rings is 3. The van der Waals surface area contributed by atoms with Crippen molar-refractivity contribution in [2.75, 3.05) is 10.6 Å². The zero-order valence-electron chi connectivity index (χ0n) is 17.7. The Morgan fingerprint density at radius 1 is 0.939 bits per heavy atom. The molecule has 0 heterocycles. The molecule has 1 atom stereocenters. The van der Waals surface area contributed by atoms with Crippen LogP contribution in [0.4, 0.5) is 24.5 Å². The highest BCUT2D eigenvalue weighted by Gasteiger charge is 2.31. The Labute approximate surface area is 198 Å². The number of alkyl halides is 3. The van der Waals surface area contributed by atoms with Crippen LogP contribution in [0, 0.1) is 6.92 Å². The summed E-state index contributed by atoms with van der Waals surface area (Å²) in [5.41, 5.74) is 1.20. The van der Waals surface area contributed by atoms with E-state index in [9.17, 15) is 22.8 Å². The van der Waals surface area contributed by atoms with Crippen molar-refractivity contribution in [2.45, 2.75) is 30.2 Å². The normalized spacial score (nSPS) is 12.2. The molecule has 0 radical (unpaired) electrons.